The van der Waals surface area contributed by atoms with Crippen LogP contribution in [0.5, 0.6) is 0 Å². The van der Waals surface area contributed by atoms with Gasteiger partial charge < -0.3 is 0 Å². The minimum absolute atomic E-state index is 0.604. The van der Waals surface area contributed by atoms with Crippen molar-refractivity contribution in [2.75, 3.05) is 0 Å². The van der Waals surface area contributed by atoms with E-state index in [9.17, 15) is 0 Å². The van der Waals surface area contributed by atoms with Crippen LogP contribution in [0.15, 0.2) is 35.2 Å². The summed E-state index contributed by atoms with van der Waals surface area (Å²) >= 11 is 8.00. The van der Waals surface area contributed by atoms with Crippen molar-refractivity contribution in [1.29, 1.82) is 5.26 Å². The summed E-state index contributed by atoms with van der Waals surface area (Å²) in [5.74, 6) is 0. The molecule has 0 saturated heterocycles. The molecule has 1 aromatic heterocycles. The molecule has 2 rings (SSSR count). The first-order valence-electron chi connectivity index (χ1n) is 5.53. The van der Waals surface area contributed by atoms with E-state index in [1.54, 1.807) is 11.3 Å². The Balaban J connectivity index is 2.57. The Morgan fingerprint density at radius 2 is 2.18 bits per heavy atom. The molecule has 86 valence electrons. The SMILES string of the molecule is CCCC(C#N)=C(Cl)c1csc2ccccc12. The number of nitrogens with zero attached hydrogens (tertiary/aromatic N) is 1. The van der Waals surface area contributed by atoms with Crippen molar-refractivity contribution in [3.8, 4) is 6.07 Å². The Bertz CT molecular complexity index is 604. The number of allylic oxidation sites excluding steroid dienone is 1. The van der Waals surface area contributed by atoms with Crippen LogP contribution in [-0.2, 0) is 0 Å². The van der Waals surface area contributed by atoms with Crippen molar-refractivity contribution in [2.45, 2.75) is 19.8 Å². The second-order valence-corrected chi connectivity index (χ2v) is 5.09. The number of benzene rings is 1. The van der Waals surface area contributed by atoms with Gasteiger partial charge >= 0.3 is 0 Å². The molecular weight excluding hydrogens is 250 g/mol. The van der Waals surface area contributed by atoms with Crippen LogP contribution in [0.1, 0.15) is 25.3 Å². The zero-order valence-corrected chi connectivity index (χ0v) is 11.1. The molecule has 0 N–H and O–H groups in total. The van der Waals surface area contributed by atoms with Crippen molar-refractivity contribution in [3.63, 3.8) is 0 Å². The van der Waals surface area contributed by atoms with Crippen molar-refractivity contribution in [3.05, 3.63) is 40.8 Å². The Morgan fingerprint density at radius 1 is 1.41 bits per heavy atom. The molecule has 0 aliphatic carbocycles. The van der Waals surface area contributed by atoms with Crippen LogP contribution in [0.25, 0.3) is 15.1 Å². The third-order valence-corrected chi connectivity index (χ3v) is 4.01. The summed E-state index contributed by atoms with van der Waals surface area (Å²) in [5.41, 5.74) is 1.66. The van der Waals surface area contributed by atoms with Gasteiger partial charge in [0, 0.05) is 26.6 Å². The standard InChI is InChI=1S/C14H12ClNS/c1-2-5-10(8-16)14(15)12-9-17-13-7-4-3-6-11(12)13/h3-4,6-7,9H,2,5H2,1H3. The molecule has 0 atom stereocenters. The number of halogens is 1. The predicted molar refractivity (Wildman–Crippen MR) is 75.1 cm³/mol. The van der Waals surface area contributed by atoms with E-state index in [4.69, 9.17) is 16.9 Å². The maximum atomic E-state index is 9.11. The van der Waals surface area contributed by atoms with E-state index in [2.05, 4.69) is 12.1 Å². The molecule has 0 aliphatic heterocycles. The van der Waals surface area contributed by atoms with Crippen LogP contribution in [0, 0.1) is 11.3 Å². The molecule has 0 fully saturated rings. The molecule has 2 aromatic rings. The van der Waals surface area contributed by atoms with E-state index >= 15 is 0 Å². The number of fused-ring (bicyclic) bond motifs is 1. The molecule has 0 unspecified atom stereocenters. The fourth-order valence-electron chi connectivity index (χ4n) is 1.78. The van der Waals surface area contributed by atoms with Crippen molar-refractivity contribution in [1.82, 2.24) is 0 Å². The van der Waals surface area contributed by atoms with Crippen LogP contribution in [-0.4, -0.2) is 0 Å². The van der Waals surface area contributed by atoms with E-state index in [0.29, 0.717) is 10.6 Å². The van der Waals surface area contributed by atoms with Gasteiger partial charge in [-0.1, -0.05) is 43.1 Å². The summed E-state index contributed by atoms with van der Waals surface area (Å²) < 4.78 is 1.20. The summed E-state index contributed by atoms with van der Waals surface area (Å²) in [6.07, 6.45) is 1.67. The molecule has 0 aliphatic rings. The lowest BCUT2D eigenvalue weighted by Crippen LogP contribution is -1.84. The third-order valence-electron chi connectivity index (χ3n) is 2.62. The van der Waals surface area contributed by atoms with Gasteiger partial charge in [-0.3, -0.25) is 0 Å². The average Bonchev–Trinajstić information content (AvgIpc) is 2.79. The Morgan fingerprint density at radius 3 is 2.88 bits per heavy atom. The monoisotopic (exact) mass is 261 g/mol. The Labute approximate surface area is 110 Å². The van der Waals surface area contributed by atoms with Crippen molar-refractivity contribution in [2.24, 2.45) is 0 Å². The summed E-state index contributed by atoms with van der Waals surface area (Å²) in [7, 11) is 0. The van der Waals surface area contributed by atoms with Gasteiger partial charge in [-0.05, 0) is 12.5 Å². The van der Waals surface area contributed by atoms with Crippen LogP contribution in [0.3, 0.4) is 0 Å². The van der Waals surface area contributed by atoms with Gasteiger partial charge in [0.2, 0.25) is 0 Å². The first kappa shape index (κ1) is 12.2. The number of thiophene rings is 1. The molecule has 0 bridgehead atoms. The lowest BCUT2D eigenvalue weighted by molar-refractivity contribution is 0.933. The lowest BCUT2D eigenvalue weighted by atomic mass is 10.1. The van der Waals surface area contributed by atoms with E-state index in [-0.39, 0.29) is 0 Å². The smallest absolute Gasteiger partial charge is 0.0962 e. The van der Waals surface area contributed by atoms with Gasteiger partial charge in [0.25, 0.3) is 0 Å². The van der Waals surface area contributed by atoms with Gasteiger partial charge in [-0.25, -0.2) is 0 Å². The molecule has 0 radical (unpaired) electrons. The molecule has 0 amide bonds. The quantitative estimate of drug-likeness (QED) is 0.699. The molecule has 0 spiro atoms. The highest BCUT2D eigenvalue weighted by molar-refractivity contribution is 7.17. The second-order valence-electron chi connectivity index (χ2n) is 3.80. The second kappa shape index (κ2) is 5.35. The Hall–Kier alpha value is -1.30. The summed E-state index contributed by atoms with van der Waals surface area (Å²) in [6.45, 7) is 2.05. The minimum Gasteiger partial charge on any atom is -0.193 e. The average molecular weight is 262 g/mol. The van der Waals surface area contributed by atoms with Crippen molar-refractivity contribution < 1.29 is 0 Å². The number of hydrogen-bond acceptors (Lipinski definition) is 2. The van der Waals surface area contributed by atoms with Gasteiger partial charge in [0.15, 0.2) is 0 Å². The molecular formula is C14H12ClNS. The van der Waals surface area contributed by atoms with E-state index in [1.807, 2.05) is 30.5 Å². The fraction of sp³-hybridized carbons (Fsp3) is 0.214. The summed E-state index contributed by atoms with van der Waals surface area (Å²) in [4.78, 5) is 0. The summed E-state index contributed by atoms with van der Waals surface area (Å²) in [6, 6.07) is 10.3. The number of rotatable bonds is 3. The lowest BCUT2D eigenvalue weighted by Gasteiger charge is -2.01. The zero-order valence-electron chi connectivity index (χ0n) is 9.53. The van der Waals surface area contributed by atoms with Crippen LogP contribution in [0.4, 0.5) is 0 Å². The number of hydrogen-bond donors (Lipinski definition) is 0. The van der Waals surface area contributed by atoms with Gasteiger partial charge in [0.1, 0.15) is 0 Å². The zero-order chi connectivity index (χ0) is 12.3. The first-order chi connectivity index (χ1) is 8.27. The molecule has 3 heteroatoms. The van der Waals surface area contributed by atoms with E-state index in [0.717, 1.165) is 23.8 Å². The largest absolute Gasteiger partial charge is 0.193 e. The minimum atomic E-state index is 0.604. The summed E-state index contributed by atoms with van der Waals surface area (Å²) in [5, 5.41) is 12.9. The third kappa shape index (κ3) is 2.36. The van der Waals surface area contributed by atoms with Gasteiger partial charge in [-0.2, -0.15) is 5.26 Å². The molecule has 1 nitrogen and oxygen atoms in total. The molecule has 1 aromatic carbocycles. The maximum absolute atomic E-state index is 9.11. The molecule has 0 saturated carbocycles. The van der Waals surface area contributed by atoms with Gasteiger partial charge in [-0.15, -0.1) is 11.3 Å². The molecule has 17 heavy (non-hydrogen) atoms. The van der Waals surface area contributed by atoms with E-state index < -0.39 is 0 Å². The highest BCUT2D eigenvalue weighted by atomic mass is 35.5. The molecule has 1 heterocycles. The van der Waals surface area contributed by atoms with E-state index in [1.165, 1.54) is 4.70 Å². The maximum Gasteiger partial charge on any atom is 0.0962 e. The highest BCUT2D eigenvalue weighted by Crippen LogP contribution is 2.35. The highest BCUT2D eigenvalue weighted by Gasteiger charge is 2.11. The van der Waals surface area contributed by atoms with Crippen molar-refractivity contribution >= 4 is 38.1 Å². The topological polar surface area (TPSA) is 23.8 Å². The van der Waals surface area contributed by atoms with Gasteiger partial charge in [0.05, 0.1) is 11.1 Å². The predicted octanol–water partition coefficient (Wildman–Crippen LogP) is 5.17. The Kier molecular flexibility index (Phi) is 3.83. The van der Waals surface area contributed by atoms with Crippen LogP contribution >= 0.6 is 22.9 Å². The van der Waals surface area contributed by atoms with Crippen LogP contribution < -0.4 is 0 Å². The fourth-order valence-corrected chi connectivity index (χ4v) is 3.08. The normalized spacial score (nSPS) is 12.3. The number of nitriles is 1. The first-order valence-corrected chi connectivity index (χ1v) is 6.79. The van der Waals surface area contributed by atoms with Crippen LogP contribution in [0.2, 0.25) is 0 Å².